The predicted octanol–water partition coefficient (Wildman–Crippen LogP) is 2.12. The monoisotopic (exact) mass is 460 g/mol. The second kappa shape index (κ2) is 8.31. The van der Waals surface area contributed by atoms with Crippen molar-refractivity contribution in [2.45, 2.75) is 32.2 Å². The third-order valence-corrected chi connectivity index (χ3v) is 7.91. The SMILES string of the molecule is CC(=O)c1sc(NC(=O)C2=NN([C@H]3CCS(=O)(=O)C3)C(=O)CC2)nc1-c1ccccc1. The van der Waals surface area contributed by atoms with Crippen LogP contribution in [0.1, 0.15) is 35.9 Å². The lowest BCUT2D eigenvalue weighted by Crippen LogP contribution is -2.42. The minimum absolute atomic E-state index is 0.00764. The molecule has 1 aromatic carbocycles. The number of hydrazone groups is 1. The Morgan fingerprint density at radius 2 is 1.94 bits per heavy atom. The van der Waals surface area contributed by atoms with E-state index >= 15 is 0 Å². The standard InChI is InChI=1S/C20H20N4O5S2/c1-12(25)18-17(13-5-3-2-4-6-13)21-20(30-18)22-19(27)15-7-8-16(26)24(23-15)14-9-10-31(28,29)11-14/h2-6,14H,7-11H2,1H3,(H,21,22,27)/t14-/m0/s1. The van der Waals surface area contributed by atoms with Crippen LogP contribution in [-0.4, -0.2) is 59.3 Å². The van der Waals surface area contributed by atoms with Gasteiger partial charge in [-0.3, -0.25) is 19.7 Å². The van der Waals surface area contributed by atoms with Crippen molar-refractivity contribution in [3.63, 3.8) is 0 Å². The Balaban J connectivity index is 1.56. The molecule has 0 radical (unpaired) electrons. The molecule has 162 valence electrons. The van der Waals surface area contributed by atoms with Crippen molar-refractivity contribution in [2.75, 3.05) is 16.8 Å². The molecule has 0 unspecified atom stereocenters. The molecule has 31 heavy (non-hydrogen) atoms. The number of rotatable bonds is 5. The van der Waals surface area contributed by atoms with Gasteiger partial charge in [0.05, 0.1) is 28.1 Å². The average Bonchev–Trinajstić information content (AvgIpc) is 3.32. The fourth-order valence-corrected chi connectivity index (χ4v) is 6.13. The summed E-state index contributed by atoms with van der Waals surface area (Å²) in [5, 5.41) is 8.22. The largest absolute Gasteiger partial charge is 0.297 e. The second-order valence-electron chi connectivity index (χ2n) is 7.41. The number of amides is 2. The highest BCUT2D eigenvalue weighted by atomic mass is 32.2. The number of nitrogens with zero attached hydrogens (tertiary/aromatic N) is 3. The molecule has 2 aliphatic rings. The molecule has 1 fully saturated rings. The Bertz CT molecular complexity index is 1190. The van der Waals surface area contributed by atoms with Crippen molar-refractivity contribution in [2.24, 2.45) is 5.10 Å². The second-order valence-corrected chi connectivity index (χ2v) is 10.6. The molecule has 11 heteroatoms. The molecule has 4 rings (SSSR count). The van der Waals surface area contributed by atoms with Gasteiger partial charge in [-0.1, -0.05) is 41.7 Å². The molecule has 0 saturated carbocycles. The molecular weight excluding hydrogens is 440 g/mol. The molecule has 0 aliphatic carbocycles. The number of nitrogens with one attached hydrogen (secondary N) is 1. The van der Waals surface area contributed by atoms with Crippen LogP contribution < -0.4 is 5.32 Å². The summed E-state index contributed by atoms with van der Waals surface area (Å²) in [6, 6.07) is 8.64. The molecule has 3 heterocycles. The topological polar surface area (TPSA) is 126 Å². The Morgan fingerprint density at radius 3 is 2.58 bits per heavy atom. The smallest absolute Gasteiger partial charge is 0.273 e. The maximum absolute atomic E-state index is 12.8. The lowest BCUT2D eigenvalue weighted by molar-refractivity contribution is -0.133. The first-order chi connectivity index (χ1) is 14.7. The number of ketones is 1. The van der Waals surface area contributed by atoms with Crippen LogP contribution >= 0.6 is 11.3 Å². The van der Waals surface area contributed by atoms with E-state index in [1.54, 1.807) is 0 Å². The van der Waals surface area contributed by atoms with Crippen LogP contribution in [0.3, 0.4) is 0 Å². The van der Waals surface area contributed by atoms with Gasteiger partial charge in [0.1, 0.15) is 5.71 Å². The quantitative estimate of drug-likeness (QED) is 0.681. The lowest BCUT2D eigenvalue weighted by Gasteiger charge is -2.27. The molecule has 1 atom stereocenters. The van der Waals surface area contributed by atoms with E-state index in [4.69, 9.17) is 0 Å². The fraction of sp³-hybridized carbons (Fsp3) is 0.350. The Kier molecular flexibility index (Phi) is 5.71. The van der Waals surface area contributed by atoms with E-state index < -0.39 is 21.8 Å². The van der Waals surface area contributed by atoms with Gasteiger partial charge in [0.2, 0.25) is 5.91 Å². The number of anilines is 1. The van der Waals surface area contributed by atoms with Crippen LogP contribution in [0, 0.1) is 0 Å². The summed E-state index contributed by atoms with van der Waals surface area (Å²) in [5.41, 5.74) is 1.38. The molecule has 2 amide bonds. The third kappa shape index (κ3) is 4.57. The molecule has 1 saturated heterocycles. The van der Waals surface area contributed by atoms with Crippen molar-refractivity contribution < 1.29 is 22.8 Å². The number of thiazole rings is 1. The van der Waals surface area contributed by atoms with Crippen LogP contribution in [0.5, 0.6) is 0 Å². The number of hydrogen-bond acceptors (Lipinski definition) is 8. The normalized spacial score (nSPS) is 20.4. The Morgan fingerprint density at radius 1 is 1.19 bits per heavy atom. The summed E-state index contributed by atoms with van der Waals surface area (Å²) in [4.78, 5) is 41.9. The number of sulfone groups is 1. The third-order valence-electron chi connectivity index (χ3n) is 5.09. The zero-order chi connectivity index (χ0) is 22.2. The molecule has 0 bridgehead atoms. The van der Waals surface area contributed by atoms with Gasteiger partial charge >= 0.3 is 0 Å². The summed E-state index contributed by atoms with van der Waals surface area (Å²) in [7, 11) is -3.20. The van der Waals surface area contributed by atoms with E-state index in [9.17, 15) is 22.8 Å². The van der Waals surface area contributed by atoms with Crippen molar-refractivity contribution in [1.29, 1.82) is 0 Å². The van der Waals surface area contributed by atoms with Crippen LogP contribution in [-0.2, 0) is 19.4 Å². The maximum Gasteiger partial charge on any atom is 0.273 e. The summed E-state index contributed by atoms with van der Waals surface area (Å²) in [6.07, 6.45) is 0.535. The van der Waals surface area contributed by atoms with Crippen LogP contribution in [0.15, 0.2) is 35.4 Å². The summed E-state index contributed by atoms with van der Waals surface area (Å²) in [5.74, 6) is -1.12. The number of Topliss-reactive ketones (excluding diaryl/α,β-unsaturated/α-hetero) is 1. The van der Waals surface area contributed by atoms with Gasteiger partial charge in [0, 0.05) is 25.3 Å². The minimum Gasteiger partial charge on any atom is -0.297 e. The van der Waals surface area contributed by atoms with Crippen molar-refractivity contribution in [3.05, 3.63) is 35.2 Å². The molecular formula is C20H20N4O5S2. The highest BCUT2D eigenvalue weighted by Gasteiger charge is 2.37. The van der Waals surface area contributed by atoms with E-state index in [1.807, 2.05) is 30.3 Å². The fourth-order valence-electron chi connectivity index (χ4n) is 3.56. The molecule has 9 nitrogen and oxygen atoms in total. The maximum atomic E-state index is 12.8. The van der Waals surface area contributed by atoms with E-state index in [2.05, 4.69) is 15.4 Å². The van der Waals surface area contributed by atoms with Gasteiger partial charge < -0.3 is 0 Å². The lowest BCUT2D eigenvalue weighted by atomic mass is 10.1. The van der Waals surface area contributed by atoms with Gasteiger partial charge in [-0.25, -0.2) is 18.4 Å². The number of aromatic nitrogens is 1. The van der Waals surface area contributed by atoms with E-state index in [-0.39, 0.29) is 46.9 Å². The van der Waals surface area contributed by atoms with Gasteiger partial charge in [0.25, 0.3) is 5.91 Å². The van der Waals surface area contributed by atoms with Gasteiger partial charge in [-0.2, -0.15) is 5.10 Å². The summed E-state index contributed by atoms with van der Waals surface area (Å²) >= 11 is 1.07. The van der Waals surface area contributed by atoms with Gasteiger partial charge in [0.15, 0.2) is 20.8 Å². The molecule has 2 aromatic rings. The van der Waals surface area contributed by atoms with Gasteiger partial charge in [-0.15, -0.1) is 0 Å². The summed E-state index contributed by atoms with van der Waals surface area (Å²) < 4.78 is 23.5. The molecule has 1 aromatic heterocycles. The van der Waals surface area contributed by atoms with Crippen LogP contribution in [0.4, 0.5) is 5.13 Å². The number of benzene rings is 1. The molecule has 1 N–H and O–H groups in total. The Hall–Kier alpha value is -2.92. The van der Waals surface area contributed by atoms with E-state index in [0.29, 0.717) is 17.0 Å². The van der Waals surface area contributed by atoms with E-state index in [0.717, 1.165) is 21.9 Å². The van der Waals surface area contributed by atoms with Crippen molar-refractivity contribution >= 4 is 49.6 Å². The number of carbonyl (C=O) groups is 3. The molecule has 2 aliphatic heterocycles. The zero-order valence-electron chi connectivity index (χ0n) is 16.7. The number of hydrogen-bond donors (Lipinski definition) is 1. The first-order valence-electron chi connectivity index (χ1n) is 9.72. The van der Waals surface area contributed by atoms with Crippen molar-refractivity contribution in [3.8, 4) is 11.3 Å². The molecule has 0 spiro atoms. The Labute approximate surface area is 183 Å². The van der Waals surface area contributed by atoms with Crippen LogP contribution in [0.25, 0.3) is 11.3 Å². The highest BCUT2D eigenvalue weighted by molar-refractivity contribution is 7.91. The zero-order valence-corrected chi connectivity index (χ0v) is 18.3. The number of carbonyl (C=O) groups excluding carboxylic acids is 3. The van der Waals surface area contributed by atoms with E-state index in [1.165, 1.54) is 6.92 Å². The van der Waals surface area contributed by atoms with Crippen LogP contribution in [0.2, 0.25) is 0 Å². The summed E-state index contributed by atoms with van der Waals surface area (Å²) in [6.45, 7) is 1.44. The average molecular weight is 461 g/mol. The first-order valence-corrected chi connectivity index (χ1v) is 12.4. The van der Waals surface area contributed by atoms with Gasteiger partial charge in [-0.05, 0) is 6.42 Å². The minimum atomic E-state index is -3.20. The predicted molar refractivity (Wildman–Crippen MR) is 117 cm³/mol. The van der Waals surface area contributed by atoms with Crippen molar-refractivity contribution in [1.82, 2.24) is 9.99 Å². The first kappa shape index (κ1) is 21.3. The highest BCUT2D eigenvalue weighted by Crippen LogP contribution is 2.31.